The molecule has 0 aliphatic rings. The number of carbonyl (C=O) groups is 3. The van der Waals surface area contributed by atoms with Crippen molar-refractivity contribution in [2.45, 2.75) is 78.6 Å². The quantitative estimate of drug-likeness (QED) is 0.354. The molecule has 2 unspecified atom stereocenters. The number of rotatable bonds is 11. The molecule has 2 rings (SSSR count). The van der Waals surface area contributed by atoms with Crippen molar-refractivity contribution in [3.8, 4) is 0 Å². The Bertz CT molecular complexity index is 1030. The van der Waals surface area contributed by atoms with E-state index in [-0.39, 0.29) is 17.6 Å². The molecule has 2 atom stereocenters. The van der Waals surface area contributed by atoms with Gasteiger partial charge >= 0.3 is 6.09 Å². The fourth-order valence-corrected chi connectivity index (χ4v) is 4.30. The first kappa shape index (κ1) is 30.2. The molecule has 0 bridgehead atoms. The first-order chi connectivity index (χ1) is 17.4. The molecule has 2 aromatic rings. The van der Waals surface area contributed by atoms with Crippen LogP contribution in [-0.2, 0) is 20.9 Å². The normalized spacial score (nSPS) is 12.8. The minimum atomic E-state index is -0.953. The summed E-state index contributed by atoms with van der Waals surface area (Å²) in [4.78, 5) is 41.6. The minimum absolute atomic E-state index is 0.0614. The number of unbranched alkanes of at least 4 members (excludes halogenated alkanes) is 1. The van der Waals surface area contributed by atoms with Gasteiger partial charge in [0.2, 0.25) is 11.8 Å². The van der Waals surface area contributed by atoms with Crippen molar-refractivity contribution in [1.82, 2.24) is 15.5 Å². The Morgan fingerprint density at radius 2 is 1.65 bits per heavy atom. The largest absolute Gasteiger partial charge is 0.444 e. The molecule has 0 saturated heterocycles. The van der Waals surface area contributed by atoms with E-state index < -0.39 is 23.8 Å². The van der Waals surface area contributed by atoms with Crippen LogP contribution in [0.5, 0.6) is 0 Å². The van der Waals surface area contributed by atoms with Gasteiger partial charge in [0.15, 0.2) is 0 Å². The van der Waals surface area contributed by atoms with Crippen LogP contribution in [0.25, 0.3) is 0 Å². The van der Waals surface area contributed by atoms with Crippen molar-refractivity contribution < 1.29 is 19.1 Å². The molecule has 0 aliphatic heterocycles. The number of amides is 3. The van der Waals surface area contributed by atoms with E-state index >= 15 is 0 Å². The summed E-state index contributed by atoms with van der Waals surface area (Å²) in [5.74, 6) is -0.604. The molecule has 0 saturated carbocycles. The Morgan fingerprint density at radius 3 is 2.19 bits per heavy atom. The highest BCUT2D eigenvalue weighted by molar-refractivity contribution is 7.80. The molecule has 3 amide bonds. The molecular weight excluding hydrogens is 486 g/mol. The first-order valence-electron chi connectivity index (χ1n) is 12.8. The smallest absolute Gasteiger partial charge is 0.408 e. The number of thiol groups is 1. The van der Waals surface area contributed by atoms with Crippen LogP contribution in [0.2, 0.25) is 0 Å². The lowest BCUT2D eigenvalue weighted by Gasteiger charge is -2.34. The summed E-state index contributed by atoms with van der Waals surface area (Å²) in [6, 6.07) is 13.7. The van der Waals surface area contributed by atoms with E-state index in [0.717, 1.165) is 28.7 Å². The molecular formula is C29H41N3O4S. The van der Waals surface area contributed by atoms with Crippen LogP contribution < -0.4 is 10.6 Å². The second-order valence-corrected chi connectivity index (χ2v) is 10.7. The van der Waals surface area contributed by atoms with Crippen molar-refractivity contribution in [2.24, 2.45) is 0 Å². The maximum atomic E-state index is 13.9. The summed E-state index contributed by atoms with van der Waals surface area (Å²) >= 11 is 4.34. The van der Waals surface area contributed by atoms with Gasteiger partial charge < -0.3 is 20.3 Å². The Labute approximate surface area is 226 Å². The van der Waals surface area contributed by atoms with Gasteiger partial charge in [0.05, 0.1) is 0 Å². The molecule has 8 heteroatoms. The van der Waals surface area contributed by atoms with Crippen LogP contribution in [0.3, 0.4) is 0 Å². The number of hydrogen-bond acceptors (Lipinski definition) is 5. The number of carbonyl (C=O) groups excluding carboxylic acids is 3. The zero-order valence-corrected chi connectivity index (χ0v) is 23.7. The van der Waals surface area contributed by atoms with Crippen molar-refractivity contribution in [1.29, 1.82) is 0 Å². The van der Waals surface area contributed by atoms with Gasteiger partial charge in [-0.1, -0.05) is 73.0 Å². The van der Waals surface area contributed by atoms with Gasteiger partial charge in [0.25, 0.3) is 0 Å². The van der Waals surface area contributed by atoms with Crippen LogP contribution in [0, 0.1) is 13.8 Å². The molecule has 0 aliphatic carbocycles. The number of nitrogens with one attached hydrogen (secondary N) is 2. The monoisotopic (exact) mass is 527 g/mol. The second kappa shape index (κ2) is 14.1. The number of benzene rings is 2. The molecule has 0 heterocycles. The lowest BCUT2D eigenvalue weighted by Crippen LogP contribution is -2.54. The van der Waals surface area contributed by atoms with Gasteiger partial charge in [-0.2, -0.15) is 12.6 Å². The summed E-state index contributed by atoms with van der Waals surface area (Å²) in [6.45, 7) is 11.9. The second-order valence-electron chi connectivity index (χ2n) is 10.3. The van der Waals surface area contributed by atoms with Gasteiger partial charge in [-0.15, -0.1) is 0 Å². The zero-order valence-electron chi connectivity index (χ0n) is 22.8. The van der Waals surface area contributed by atoms with Crippen molar-refractivity contribution in [3.05, 3.63) is 70.8 Å². The number of aryl methyl sites for hydroxylation is 2. The molecule has 0 fully saturated rings. The Hall–Kier alpha value is -3.00. The third-order valence-corrected chi connectivity index (χ3v) is 6.00. The summed E-state index contributed by atoms with van der Waals surface area (Å²) < 4.78 is 5.36. The standard InChI is InChI=1S/C29H41N3O4S/c1-7-8-14-32(27(34)24(19-37)31-28(35)36-29(4,5)6)25(23-16-20(2)15-21(3)17-23)26(33)30-18-22-12-10-9-11-13-22/h9-13,15-17,24-25,37H,7-8,14,18-19H2,1-6H3,(H,30,33)(H,31,35). The molecule has 2 aromatic carbocycles. The lowest BCUT2D eigenvalue weighted by atomic mass is 9.98. The topological polar surface area (TPSA) is 87.7 Å². The number of hydrogen-bond donors (Lipinski definition) is 3. The van der Waals surface area contributed by atoms with E-state index in [1.807, 2.05) is 69.3 Å². The van der Waals surface area contributed by atoms with Crippen LogP contribution >= 0.6 is 12.6 Å². The predicted molar refractivity (Wildman–Crippen MR) is 151 cm³/mol. The van der Waals surface area contributed by atoms with E-state index in [0.29, 0.717) is 19.5 Å². The van der Waals surface area contributed by atoms with Gasteiger partial charge in [-0.05, 0) is 52.2 Å². The van der Waals surface area contributed by atoms with E-state index in [9.17, 15) is 14.4 Å². The summed E-state index contributed by atoms with van der Waals surface area (Å²) in [5.41, 5.74) is 2.96. The van der Waals surface area contributed by atoms with Crippen molar-refractivity contribution in [2.75, 3.05) is 12.3 Å². The van der Waals surface area contributed by atoms with Crippen LogP contribution in [-0.4, -0.2) is 46.7 Å². The average molecular weight is 528 g/mol. The number of alkyl carbamates (subject to hydrolysis) is 1. The predicted octanol–water partition coefficient (Wildman–Crippen LogP) is 5.11. The number of ether oxygens (including phenoxy) is 1. The maximum Gasteiger partial charge on any atom is 0.408 e. The van der Waals surface area contributed by atoms with Crippen LogP contribution in [0.4, 0.5) is 4.79 Å². The molecule has 202 valence electrons. The lowest BCUT2D eigenvalue weighted by molar-refractivity contribution is -0.142. The molecule has 0 aromatic heterocycles. The fourth-order valence-electron chi connectivity index (χ4n) is 4.05. The zero-order chi connectivity index (χ0) is 27.6. The van der Waals surface area contributed by atoms with Gasteiger partial charge in [-0.3, -0.25) is 9.59 Å². The molecule has 0 spiro atoms. The van der Waals surface area contributed by atoms with E-state index in [1.165, 1.54) is 0 Å². The van der Waals surface area contributed by atoms with E-state index in [2.05, 4.69) is 23.3 Å². The first-order valence-corrected chi connectivity index (χ1v) is 13.4. The Kier molecular flexibility index (Phi) is 11.5. The van der Waals surface area contributed by atoms with Gasteiger partial charge in [-0.25, -0.2) is 4.79 Å². The summed E-state index contributed by atoms with van der Waals surface area (Å²) in [7, 11) is 0. The van der Waals surface area contributed by atoms with Crippen molar-refractivity contribution in [3.63, 3.8) is 0 Å². The summed E-state index contributed by atoms with van der Waals surface area (Å²) in [5, 5.41) is 5.66. The molecule has 2 N–H and O–H groups in total. The fraction of sp³-hybridized carbons (Fsp3) is 0.483. The molecule has 7 nitrogen and oxygen atoms in total. The van der Waals surface area contributed by atoms with Crippen LogP contribution in [0.1, 0.15) is 68.8 Å². The highest BCUT2D eigenvalue weighted by atomic mass is 32.1. The third kappa shape index (κ3) is 9.76. The Morgan fingerprint density at radius 1 is 1.03 bits per heavy atom. The summed E-state index contributed by atoms with van der Waals surface area (Å²) in [6.07, 6.45) is 0.830. The highest BCUT2D eigenvalue weighted by Gasteiger charge is 2.35. The van der Waals surface area contributed by atoms with E-state index in [4.69, 9.17) is 4.74 Å². The maximum absolute atomic E-state index is 13.9. The van der Waals surface area contributed by atoms with Crippen molar-refractivity contribution >= 4 is 30.5 Å². The highest BCUT2D eigenvalue weighted by Crippen LogP contribution is 2.26. The van der Waals surface area contributed by atoms with E-state index in [1.54, 1.807) is 25.7 Å². The van der Waals surface area contributed by atoms with Gasteiger partial charge in [0.1, 0.15) is 17.7 Å². The van der Waals surface area contributed by atoms with Crippen LogP contribution in [0.15, 0.2) is 48.5 Å². The van der Waals surface area contributed by atoms with Gasteiger partial charge in [0, 0.05) is 18.8 Å². The number of nitrogens with zero attached hydrogens (tertiary/aromatic N) is 1. The minimum Gasteiger partial charge on any atom is -0.444 e. The Balaban J connectivity index is 2.43. The molecule has 37 heavy (non-hydrogen) atoms. The SMILES string of the molecule is CCCCN(C(=O)C(CS)NC(=O)OC(C)(C)C)C(C(=O)NCc1ccccc1)c1cc(C)cc(C)c1. The molecule has 0 radical (unpaired) electrons. The third-order valence-electron chi connectivity index (χ3n) is 5.64. The average Bonchev–Trinajstić information content (AvgIpc) is 2.82.